The third-order valence-corrected chi connectivity index (χ3v) is 7.44. The summed E-state index contributed by atoms with van der Waals surface area (Å²) in [5.41, 5.74) is 2.33. The van der Waals surface area contributed by atoms with Crippen molar-refractivity contribution in [1.29, 1.82) is 0 Å². The molecule has 200 valence electrons. The van der Waals surface area contributed by atoms with Crippen LogP contribution in [0, 0.1) is 11.8 Å². The highest BCUT2D eigenvalue weighted by atomic mass is 16.5. The fraction of sp³-hybridized carbons (Fsp3) is 0.194. The van der Waals surface area contributed by atoms with E-state index in [1.54, 1.807) is 24.3 Å². The molecule has 0 saturated carbocycles. The van der Waals surface area contributed by atoms with Gasteiger partial charge in [-0.1, -0.05) is 30.4 Å². The van der Waals surface area contributed by atoms with Crippen LogP contribution < -0.4 is 19.3 Å². The maximum absolute atomic E-state index is 14.1. The summed E-state index contributed by atoms with van der Waals surface area (Å²) in [5, 5.41) is 0. The molecule has 3 aliphatic heterocycles. The molecule has 0 aliphatic carbocycles. The summed E-state index contributed by atoms with van der Waals surface area (Å²) in [6.07, 6.45) is 3.80. The number of hydrogen-bond donors (Lipinski definition) is 0. The normalized spacial score (nSPS) is 22.4. The molecular formula is C31H24N2O7. The lowest BCUT2D eigenvalue weighted by Crippen LogP contribution is -2.48. The lowest BCUT2D eigenvalue weighted by atomic mass is 9.86. The second-order valence-electron chi connectivity index (χ2n) is 9.89. The number of benzene rings is 3. The van der Waals surface area contributed by atoms with E-state index in [2.05, 4.69) is 0 Å². The highest BCUT2D eigenvalue weighted by Crippen LogP contribution is 2.49. The van der Waals surface area contributed by atoms with Gasteiger partial charge in [-0.15, -0.1) is 0 Å². The summed E-state index contributed by atoms with van der Waals surface area (Å²) in [6, 6.07) is 18.4. The van der Waals surface area contributed by atoms with E-state index in [0.717, 1.165) is 16.2 Å². The fourth-order valence-electron chi connectivity index (χ4n) is 5.92. The van der Waals surface area contributed by atoms with Crippen molar-refractivity contribution in [3.63, 3.8) is 0 Å². The van der Waals surface area contributed by atoms with Gasteiger partial charge in [-0.3, -0.25) is 24.0 Å². The van der Waals surface area contributed by atoms with Crippen LogP contribution in [-0.4, -0.2) is 41.6 Å². The summed E-state index contributed by atoms with van der Waals surface area (Å²) >= 11 is 0. The van der Waals surface area contributed by atoms with E-state index >= 15 is 0 Å². The molecule has 3 heterocycles. The molecule has 2 saturated heterocycles. The number of ketones is 1. The number of amides is 2. The second-order valence-corrected chi connectivity index (χ2v) is 9.89. The Balaban J connectivity index is 1.40. The molecule has 0 aromatic heterocycles. The Morgan fingerprint density at radius 3 is 1.93 bits per heavy atom. The van der Waals surface area contributed by atoms with Crippen molar-refractivity contribution >= 4 is 47.0 Å². The minimum absolute atomic E-state index is 0.291. The minimum Gasteiger partial charge on any atom is -0.427 e. The number of Topliss-reactive ketones (excluding diaryl/α,β-unsaturated/α-hetero) is 1. The van der Waals surface area contributed by atoms with Crippen molar-refractivity contribution in [2.75, 3.05) is 9.80 Å². The lowest BCUT2D eigenvalue weighted by molar-refractivity contribution is -0.132. The number of anilines is 2. The zero-order valence-corrected chi connectivity index (χ0v) is 21.6. The monoisotopic (exact) mass is 536 g/mol. The third-order valence-electron chi connectivity index (χ3n) is 7.44. The van der Waals surface area contributed by atoms with Crippen LogP contribution in [0.2, 0.25) is 0 Å². The first-order valence-corrected chi connectivity index (χ1v) is 12.8. The Labute approximate surface area is 229 Å². The predicted octanol–water partition coefficient (Wildman–Crippen LogP) is 3.81. The average Bonchev–Trinajstić information content (AvgIpc) is 3.41. The molecule has 0 unspecified atom stereocenters. The molecule has 3 aromatic carbocycles. The summed E-state index contributed by atoms with van der Waals surface area (Å²) in [7, 11) is 0. The largest absolute Gasteiger partial charge is 0.427 e. The van der Waals surface area contributed by atoms with Gasteiger partial charge in [-0.2, -0.15) is 0 Å². The molecule has 4 atom stereocenters. The molecule has 3 aliphatic rings. The Hall–Kier alpha value is -5.05. The summed E-state index contributed by atoms with van der Waals surface area (Å²) in [5.74, 6) is -3.26. The van der Waals surface area contributed by atoms with Crippen LogP contribution in [0.25, 0.3) is 6.08 Å². The Morgan fingerprint density at radius 1 is 0.725 bits per heavy atom. The number of rotatable bonds is 5. The smallest absolute Gasteiger partial charge is 0.308 e. The zero-order valence-electron chi connectivity index (χ0n) is 21.6. The van der Waals surface area contributed by atoms with Crippen LogP contribution in [0.5, 0.6) is 11.5 Å². The lowest BCUT2D eigenvalue weighted by Gasteiger charge is -2.36. The number of ether oxygens (including phenoxy) is 2. The van der Waals surface area contributed by atoms with Gasteiger partial charge in [0, 0.05) is 25.1 Å². The maximum atomic E-state index is 14.1. The molecule has 9 nitrogen and oxygen atoms in total. The van der Waals surface area contributed by atoms with Gasteiger partial charge in [0.2, 0.25) is 11.8 Å². The van der Waals surface area contributed by atoms with E-state index in [4.69, 9.17) is 9.47 Å². The first-order chi connectivity index (χ1) is 19.2. The number of esters is 2. The number of carbonyl (C=O) groups is 5. The molecule has 6 rings (SSSR count). The van der Waals surface area contributed by atoms with E-state index < -0.39 is 47.7 Å². The van der Waals surface area contributed by atoms with Crippen molar-refractivity contribution in [2.24, 2.45) is 11.8 Å². The molecule has 0 bridgehead atoms. The SMILES string of the molecule is CC(=O)Oc1ccc(C(=O)[C@H]2[C@H]3C(=O)N(c4ccc(OC(C)=O)cc4)C(=O)[C@@H]3[C@H]3C=Cc4ccccc4N32)cc1. The Kier molecular flexibility index (Phi) is 6.06. The fourth-order valence-corrected chi connectivity index (χ4v) is 5.92. The zero-order chi connectivity index (χ0) is 28.1. The summed E-state index contributed by atoms with van der Waals surface area (Å²) < 4.78 is 10.2. The van der Waals surface area contributed by atoms with Crippen molar-refractivity contribution < 1.29 is 33.4 Å². The Morgan fingerprint density at radius 2 is 1.30 bits per heavy atom. The molecule has 0 spiro atoms. The van der Waals surface area contributed by atoms with Gasteiger partial charge >= 0.3 is 11.9 Å². The van der Waals surface area contributed by atoms with Gasteiger partial charge in [-0.05, 0) is 60.2 Å². The molecule has 3 aromatic rings. The van der Waals surface area contributed by atoms with E-state index in [9.17, 15) is 24.0 Å². The first-order valence-electron chi connectivity index (χ1n) is 12.8. The van der Waals surface area contributed by atoms with Crippen molar-refractivity contribution in [3.05, 3.63) is 90.0 Å². The number of nitrogens with zero attached hydrogens (tertiary/aromatic N) is 2. The predicted molar refractivity (Wildman–Crippen MR) is 145 cm³/mol. The van der Waals surface area contributed by atoms with Crippen molar-refractivity contribution in [2.45, 2.75) is 25.9 Å². The first kappa shape index (κ1) is 25.2. The van der Waals surface area contributed by atoms with Gasteiger partial charge in [-0.25, -0.2) is 4.90 Å². The van der Waals surface area contributed by atoms with Crippen LogP contribution in [0.1, 0.15) is 29.8 Å². The number of fused-ring (bicyclic) bond motifs is 5. The number of para-hydroxylation sites is 1. The van der Waals surface area contributed by atoms with Gasteiger partial charge < -0.3 is 14.4 Å². The third kappa shape index (κ3) is 4.07. The summed E-state index contributed by atoms with van der Waals surface area (Å²) in [4.78, 5) is 67.6. The van der Waals surface area contributed by atoms with E-state index in [1.807, 2.05) is 41.3 Å². The quantitative estimate of drug-likeness (QED) is 0.210. The van der Waals surface area contributed by atoms with Crippen LogP contribution >= 0.6 is 0 Å². The summed E-state index contributed by atoms with van der Waals surface area (Å²) in [6.45, 7) is 2.57. The van der Waals surface area contributed by atoms with Crippen molar-refractivity contribution in [3.8, 4) is 11.5 Å². The molecule has 2 fully saturated rings. The minimum atomic E-state index is -0.942. The molecule has 0 N–H and O–H groups in total. The molecule has 2 amide bonds. The van der Waals surface area contributed by atoms with Gasteiger partial charge in [0.05, 0.1) is 23.6 Å². The second kappa shape index (κ2) is 9.60. The van der Waals surface area contributed by atoms with Crippen LogP contribution in [0.15, 0.2) is 78.9 Å². The van der Waals surface area contributed by atoms with Gasteiger partial charge in [0.1, 0.15) is 17.5 Å². The standard InChI is InChI=1S/C31H24N2O7/c1-17(34)39-22-12-7-20(8-13-22)29(36)28-27-26(25-16-9-19-5-3-4-6-24(19)33(25)28)30(37)32(31(27)38)21-10-14-23(15-11-21)40-18(2)35/h3-16,25-28H,1-2H3/t25-,26-,27+,28-/m1/s1. The Bertz CT molecular complexity index is 1590. The van der Waals surface area contributed by atoms with E-state index in [1.165, 1.54) is 38.1 Å². The average molecular weight is 537 g/mol. The van der Waals surface area contributed by atoms with Crippen LogP contribution in [0.4, 0.5) is 11.4 Å². The van der Waals surface area contributed by atoms with E-state index in [0.29, 0.717) is 22.7 Å². The van der Waals surface area contributed by atoms with E-state index in [-0.39, 0.29) is 5.78 Å². The number of carbonyl (C=O) groups excluding carboxylic acids is 5. The molecule has 0 radical (unpaired) electrons. The van der Waals surface area contributed by atoms with Crippen molar-refractivity contribution in [1.82, 2.24) is 0 Å². The number of imide groups is 1. The molecule has 9 heteroatoms. The molecular weight excluding hydrogens is 512 g/mol. The topological polar surface area (TPSA) is 110 Å². The van der Waals surface area contributed by atoms with Crippen LogP contribution in [0.3, 0.4) is 0 Å². The van der Waals surface area contributed by atoms with Crippen LogP contribution in [-0.2, 0) is 19.2 Å². The van der Waals surface area contributed by atoms with Gasteiger partial charge in [0.15, 0.2) is 5.78 Å². The highest BCUT2D eigenvalue weighted by molar-refractivity contribution is 6.25. The van der Waals surface area contributed by atoms with Gasteiger partial charge in [0.25, 0.3) is 0 Å². The number of hydrogen-bond acceptors (Lipinski definition) is 8. The molecule has 40 heavy (non-hydrogen) atoms. The maximum Gasteiger partial charge on any atom is 0.308 e. The highest BCUT2D eigenvalue weighted by Gasteiger charge is 2.64.